The molecule has 0 saturated heterocycles. The second-order valence-corrected chi connectivity index (χ2v) is 9.80. The van der Waals surface area contributed by atoms with Gasteiger partial charge in [-0.05, 0) is 58.3 Å². The fourth-order valence-electron chi connectivity index (χ4n) is 3.36. The van der Waals surface area contributed by atoms with Crippen LogP contribution in [-0.4, -0.2) is 32.6 Å². The number of aromatic nitrogens is 3. The van der Waals surface area contributed by atoms with Crippen molar-refractivity contribution in [2.75, 3.05) is 12.0 Å². The highest BCUT2D eigenvalue weighted by molar-refractivity contribution is 8.03. The standard InChI is InChI=1S/C19H25N3OS3/c1-13-11-16(17(23)12-25-19-21-20-18(24-3)26-19)14(2)22(13)10-9-15-7-5-4-6-8-15/h7,11H,4-6,8-10,12H2,1-3H3. The summed E-state index contributed by atoms with van der Waals surface area (Å²) >= 11 is 4.61. The molecule has 2 aromatic rings. The summed E-state index contributed by atoms with van der Waals surface area (Å²) in [7, 11) is 0. The Balaban J connectivity index is 1.62. The molecular weight excluding hydrogens is 382 g/mol. The molecule has 1 aliphatic rings. The predicted molar refractivity (Wildman–Crippen MR) is 112 cm³/mol. The van der Waals surface area contributed by atoms with Crippen LogP contribution < -0.4 is 0 Å². The minimum absolute atomic E-state index is 0.173. The molecular formula is C19H25N3OS3. The first-order chi connectivity index (χ1) is 12.6. The van der Waals surface area contributed by atoms with Gasteiger partial charge in [-0.15, -0.1) is 10.2 Å². The van der Waals surface area contributed by atoms with Crippen molar-refractivity contribution in [1.82, 2.24) is 14.8 Å². The normalized spacial score (nSPS) is 14.5. The molecule has 0 radical (unpaired) electrons. The molecule has 140 valence electrons. The van der Waals surface area contributed by atoms with Gasteiger partial charge in [0.25, 0.3) is 0 Å². The number of nitrogens with zero attached hydrogens (tertiary/aromatic N) is 3. The van der Waals surface area contributed by atoms with E-state index < -0.39 is 0 Å². The van der Waals surface area contributed by atoms with Crippen LogP contribution in [0.4, 0.5) is 0 Å². The Bertz CT molecular complexity index is 807. The Morgan fingerprint density at radius 3 is 2.77 bits per heavy atom. The van der Waals surface area contributed by atoms with Gasteiger partial charge in [0.15, 0.2) is 14.5 Å². The molecule has 2 aromatic heterocycles. The van der Waals surface area contributed by atoms with E-state index in [2.05, 4.69) is 34.7 Å². The van der Waals surface area contributed by atoms with Crippen molar-refractivity contribution in [3.05, 3.63) is 34.7 Å². The van der Waals surface area contributed by atoms with Crippen molar-refractivity contribution in [2.45, 2.75) is 61.2 Å². The van der Waals surface area contributed by atoms with Gasteiger partial charge in [-0.2, -0.15) is 0 Å². The molecule has 0 atom stereocenters. The summed E-state index contributed by atoms with van der Waals surface area (Å²) in [5.74, 6) is 0.588. The molecule has 4 nitrogen and oxygen atoms in total. The van der Waals surface area contributed by atoms with Crippen molar-refractivity contribution in [2.24, 2.45) is 0 Å². The minimum atomic E-state index is 0.173. The van der Waals surface area contributed by atoms with Crippen molar-refractivity contribution >= 4 is 40.6 Å². The van der Waals surface area contributed by atoms with Crippen LogP contribution in [0.15, 0.2) is 26.4 Å². The Labute approximate surface area is 167 Å². The first-order valence-electron chi connectivity index (χ1n) is 8.96. The third-order valence-corrected chi connectivity index (χ3v) is 7.84. The first-order valence-corrected chi connectivity index (χ1v) is 12.0. The van der Waals surface area contributed by atoms with Gasteiger partial charge in [0.05, 0.1) is 5.75 Å². The fourth-order valence-corrected chi connectivity index (χ4v) is 5.68. The summed E-state index contributed by atoms with van der Waals surface area (Å²) in [6, 6.07) is 2.04. The number of hydrogen-bond acceptors (Lipinski definition) is 6. The number of rotatable bonds is 8. The molecule has 0 amide bonds. The SMILES string of the molecule is CSc1nnc(SCC(=O)c2cc(C)n(CCC3=CCCCC3)c2C)s1. The predicted octanol–water partition coefficient (Wildman–Crippen LogP) is 5.54. The quantitative estimate of drug-likeness (QED) is 0.326. The van der Waals surface area contributed by atoms with E-state index in [1.807, 2.05) is 12.3 Å². The first kappa shape index (κ1) is 19.7. The van der Waals surface area contributed by atoms with Gasteiger partial charge < -0.3 is 4.57 Å². The van der Waals surface area contributed by atoms with Gasteiger partial charge in [0.2, 0.25) is 0 Å². The van der Waals surface area contributed by atoms with E-state index in [0.717, 1.165) is 32.9 Å². The highest BCUT2D eigenvalue weighted by atomic mass is 32.2. The lowest BCUT2D eigenvalue weighted by molar-refractivity contribution is 0.102. The average Bonchev–Trinajstić information content (AvgIpc) is 3.23. The van der Waals surface area contributed by atoms with E-state index in [1.165, 1.54) is 43.1 Å². The van der Waals surface area contributed by atoms with Crippen LogP contribution in [0.2, 0.25) is 0 Å². The topological polar surface area (TPSA) is 47.8 Å². The number of carbonyl (C=O) groups excluding carboxylic acids is 1. The number of carbonyl (C=O) groups is 1. The molecule has 1 aliphatic carbocycles. The van der Waals surface area contributed by atoms with Crippen molar-refractivity contribution in [1.29, 1.82) is 0 Å². The molecule has 26 heavy (non-hydrogen) atoms. The fraction of sp³-hybridized carbons (Fsp3) is 0.526. The zero-order chi connectivity index (χ0) is 18.5. The highest BCUT2D eigenvalue weighted by Gasteiger charge is 2.17. The molecule has 0 fully saturated rings. The van der Waals surface area contributed by atoms with Gasteiger partial charge in [0, 0.05) is 23.5 Å². The van der Waals surface area contributed by atoms with Gasteiger partial charge >= 0.3 is 0 Å². The van der Waals surface area contributed by atoms with Crippen LogP contribution in [0, 0.1) is 13.8 Å². The number of allylic oxidation sites excluding steroid dienone is 2. The van der Waals surface area contributed by atoms with Gasteiger partial charge in [-0.3, -0.25) is 4.79 Å². The summed E-state index contributed by atoms with van der Waals surface area (Å²) in [6.45, 7) is 5.13. The summed E-state index contributed by atoms with van der Waals surface area (Å²) in [4.78, 5) is 12.7. The molecule has 0 aromatic carbocycles. The van der Waals surface area contributed by atoms with E-state index in [9.17, 15) is 4.79 Å². The van der Waals surface area contributed by atoms with Crippen LogP contribution in [0.3, 0.4) is 0 Å². The molecule has 7 heteroatoms. The van der Waals surface area contributed by atoms with Crippen LogP contribution >= 0.6 is 34.9 Å². The third-order valence-electron chi connectivity index (χ3n) is 4.80. The lowest BCUT2D eigenvalue weighted by Gasteiger charge is -2.15. The number of aryl methyl sites for hydroxylation is 1. The van der Waals surface area contributed by atoms with Crippen LogP contribution in [0.5, 0.6) is 0 Å². The minimum Gasteiger partial charge on any atom is -0.348 e. The molecule has 0 aliphatic heterocycles. The van der Waals surface area contributed by atoms with Gasteiger partial charge in [-0.1, -0.05) is 46.5 Å². The molecule has 0 saturated carbocycles. The monoisotopic (exact) mass is 407 g/mol. The Hall–Kier alpha value is -1.05. The summed E-state index contributed by atoms with van der Waals surface area (Å²) in [6.07, 6.45) is 10.6. The summed E-state index contributed by atoms with van der Waals surface area (Å²) in [5, 5.41) is 8.21. The van der Waals surface area contributed by atoms with E-state index in [1.54, 1.807) is 28.7 Å². The third kappa shape index (κ3) is 4.81. The maximum Gasteiger partial charge on any atom is 0.175 e. The van der Waals surface area contributed by atoms with Gasteiger partial charge in [-0.25, -0.2) is 0 Å². The Morgan fingerprint density at radius 2 is 2.08 bits per heavy atom. The molecule has 0 bridgehead atoms. The van der Waals surface area contributed by atoms with Crippen molar-refractivity contribution in [3.8, 4) is 0 Å². The number of ketones is 1. The molecule has 2 heterocycles. The van der Waals surface area contributed by atoms with Crippen LogP contribution in [0.25, 0.3) is 0 Å². The number of thioether (sulfide) groups is 2. The second kappa shape index (κ2) is 9.24. The smallest absolute Gasteiger partial charge is 0.175 e. The largest absolute Gasteiger partial charge is 0.348 e. The lowest BCUT2D eigenvalue weighted by atomic mass is 9.97. The Morgan fingerprint density at radius 1 is 1.27 bits per heavy atom. The summed E-state index contributed by atoms with van der Waals surface area (Å²) < 4.78 is 4.10. The van der Waals surface area contributed by atoms with E-state index in [4.69, 9.17) is 0 Å². The maximum atomic E-state index is 12.7. The highest BCUT2D eigenvalue weighted by Crippen LogP contribution is 2.29. The van der Waals surface area contributed by atoms with Crippen LogP contribution in [-0.2, 0) is 6.54 Å². The van der Waals surface area contributed by atoms with Crippen molar-refractivity contribution in [3.63, 3.8) is 0 Å². The zero-order valence-corrected chi connectivity index (χ0v) is 18.0. The van der Waals surface area contributed by atoms with Crippen molar-refractivity contribution < 1.29 is 4.79 Å². The van der Waals surface area contributed by atoms with E-state index in [-0.39, 0.29) is 5.78 Å². The molecule has 0 spiro atoms. The zero-order valence-electron chi connectivity index (χ0n) is 15.6. The second-order valence-electron chi connectivity index (χ2n) is 6.54. The number of Topliss-reactive ketones (excluding diaryl/α,β-unsaturated/α-hetero) is 1. The van der Waals surface area contributed by atoms with Gasteiger partial charge in [0.1, 0.15) is 0 Å². The average molecular weight is 408 g/mol. The maximum absolute atomic E-state index is 12.7. The Kier molecular flexibility index (Phi) is 7.00. The van der Waals surface area contributed by atoms with E-state index in [0.29, 0.717) is 5.75 Å². The molecule has 0 N–H and O–H groups in total. The lowest BCUT2D eigenvalue weighted by Crippen LogP contribution is -2.08. The van der Waals surface area contributed by atoms with E-state index >= 15 is 0 Å². The van der Waals surface area contributed by atoms with Crippen LogP contribution in [0.1, 0.15) is 53.8 Å². The molecule has 3 rings (SSSR count). The molecule has 0 unspecified atom stereocenters. The number of hydrogen-bond donors (Lipinski definition) is 0. The summed E-state index contributed by atoms with van der Waals surface area (Å²) in [5.41, 5.74) is 4.69.